The van der Waals surface area contributed by atoms with Crippen LogP contribution >= 0.6 is 0 Å². The number of nitrogens with one attached hydrogen (secondary N) is 4. The van der Waals surface area contributed by atoms with Crippen LogP contribution in [0.3, 0.4) is 0 Å². The maximum atomic E-state index is 13.2. The Kier molecular flexibility index (Phi) is 8.12. The largest absolute Gasteiger partial charge is 0.478 e. The molecule has 4 rings (SSSR count). The van der Waals surface area contributed by atoms with Crippen LogP contribution in [0.25, 0.3) is 0 Å². The first kappa shape index (κ1) is 27.6. The van der Waals surface area contributed by atoms with E-state index in [1.807, 2.05) is 0 Å². The summed E-state index contributed by atoms with van der Waals surface area (Å²) >= 11 is 0. The van der Waals surface area contributed by atoms with Crippen molar-refractivity contribution < 1.29 is 28.7 Å². The van der Waals surface area contributed by atoms with Gasteiger partial charge in [0.2, 0.25) is 17.7 Å². The number of nitrogens with zero attached hydrogens (tertiary/aromatic N) is 2. The molecule has 0 saturated carbocycles. The average molecular weight is 537 g/mol. The molecule has 206 valence electrons. The van der Waals surface area contributed by atoms with Crippen LogP contribution in [0.5, 0.6) is 5.88 Å². The zero-order valence-corrected chi connectivity index (χ0v) is 22.1. The van der Waals surface area contributed by atoms with E-state index in [2.05, 4.69) is 20.9 Å². The van der Waals surface area contributed by atoms with Crippen molar-refractivity contribution in [2.24, 2.45) is 0 Å². The minimum atomic E-state index is -0.886. The van der Waals surface area contributed by atoms with E-state index in [-0.39, 0.29) is 31.1 Å². The van der Waals surface area contributed by atoms with Gasteiger partial charge in [-0.2, -0.15) is 0 Å². The number of pyridine rings is 1. The number of piperidine rings is 1. The van der Waals surface area contributed by atoms with E-state index in [1.165, 1.54) is 4.90 Å². The molecule has 2 aliphatic rings. The molecule has 2 aromatic rings. The van der Waals surface area contributed by atoms with Gasteiger partial charge in [-0.15, -0.1) is 0 Å². The third-order valence-electron chi connectivity index (χ3n) is 6.03. The maximum absolute atomic E-state index is 13.2. The molecule has 39 heavy (non-hydrogen) atoms. The highest BCUT2D eigenvalue weighted by Gasteiger charge is 2.43. The number of alkyl carbamates (subject to hydrolysis) is 1. The fourth-order valence-electron chi connectivity index (χ4n) is 4.27. The fraction of sp³-hybridized carbons (Fsp3) is 0.407. The summed E-state index contributed by atoms with van der Waals surface area (Å²) in [5, 5.41) is 16.6. The van der Waals surface area contributed by atoms with Crippen LogP contribution in [0, 0.1) is 5.41 Å². The Bertz CT molecular complexity index is 1290. The lowest BCUT2D eigenvalue weighted by Gasteiger charge is -2.29. The van der Waals surface area contributed by atoms with Gasteiger partial charge in [0.25, 0.3) is 5.91 Å². The van der Waals surface area contributed by atoms with Crippen molar-refractivity contribution in [3.8, 4) is 5.88 Å². The van der Waals surface area contributed by atoms with Gasteiger partial charge in [-0.3, -0.25) is 30.0 Å². The molecule has 1 saturated heterocycles. The van der Waals surface area contributed by atoms with Crippen molar-refractivity contribution in [2.75, 3.05) is 18.5 Å². The van der Waals surface area contributed by atoms with Crippen molar-refractivity contribution >= 4 is 35.3 Å². The molecule has 12 nitrogen and oxygen atoms in total. The quantitative estimate of drug-likeness (QED) is 0.281. The third kappa shape index (κ3) is 6.70. The first-order chi connectivity index (χ1) is 18.5. The smallest absolute Gasteiger partial charge is 0.407 e. The molecule has 1 aromatic carbocycles. The van der Waals surface area contributed by atoms with E-state index in [9.17, 15) is 19.2 Å². The molecule has 1 unspecified atom stereocenters. The van der Waals surface area contributed by atoms with Gasteiger partial charge in [0.1, 0.15) is 17.5 Å². The Morgan fingerprint density at radius 1 is 1.21 bits per heavy atom. The number of hydrogen-bond donors (Lipinski definition) is 4. The minimum Gasteiger partial charge on any atom is -0.478 e. The van der Waals surface area contributed by atoms with Crippen molar-refractivity contribution in [3.05, 3.63) is 53.2 Å². The van der Waals surface area contributed by atoms with E-state index in [0.717, 1.165) is 5.56 Å². The highest BCUT2D eigenvalue weighted by atomic mass is 16.6. The molecule has 1 aromatic heterocycles. The van der Waals surface area contributed by atoms with Gasteiger partial charge >= 0.3 is 6.09 Å². The van der Waals surface area contributed by atoms with Gasteiger partial charge < -0.3 is 20.1 Å². The summed E-state index contributed by atoms with van der Waals surface area (Å²) in [4.78, 5) is 54.2. The van der Waals surface area contributed by atoms with Gasteiger partial charge in [0.05, 0.1) is 12.2 Å². The number of amidine groups is 1. The summed E-state index contributed by atoms with van der Waals surface area (Å²) in [6, 6.07) is 7.82. The lowest BCUT2D eigenvalue weighted by atomic mass is 10.0. The van der Waals surface area contributed by atoms with Crippen LogP contribution in [0.1, 0.15) is 61.5 Å². The molecule has 2 aliphatic heterocycles. The van der Waals surface area contributed by atoms with Gasteiger partial charge in [-0.05, 0) is 45.2 Å². The number of aromatic nitrogens is 1. The summed E-state index contributed by atoms with van der Waals surface area (Å²) < 4.78 is 10.9. The lowest BCUT2D eigenvalue weighted by molar-refractivity contribution is -0.135. The Hall–Kier alpha value is -4.48. The number of imide groups is 1. The molecule has 4 amide bonds. The average Bonchev–Trinajstić information content (AvgIpc) is 3.13. The van der Waals surface area contributed by atoms with Crippen molar-refractivity contribution in [1.82, 2.24) is 20.5 Å². The maximum Gasteiger partial charge on any atom is 0.407 e. The number of benzene rings is 1. The van der Waals surface area contributed by atoms with Crippen LogP contribution in [-0.2, 0) is 20.9 Å². The van der Waals surface area contributed by atoms with Crippen LogP contribution < -0.4 is 20.7 Å². The van der Waals surface area contributed by atoms with Crippen molar-refractivity contribution in [3.63, 3.8) is 0 Å². The molecular weight excluding hydrogens is 504 g/mol. The second-order valence-corrected chi connectivity index (χ2v) is 10.2. The molecule has 1 atom stereocenters. The standard InChI is InChI=1S/C27H32N6O6/c1-27(2,3)39-26(37)31-15-16-8-11-21(30-14-16)38-13-5-12-29-18-7-4-6-17-22(18)25(36)33(23(17)28)19-9-10-20(34)32-24(19)35/h4,6-8,11,14,19,28-29H,5,9-10,12-13,15H2,1-3H3,(H,31,37)(H,32,34,35). The summed E-state index contributed by atoms with van der Waals surface area (Å²) in [6.45, 7) is 6.54. The lowest BCUT2D eigenvalue weighted by Crippen LogP contribution is -2.54. The van der Waals surface area contributed by atoms with Crippen molar-refractivity contribution in [2.45, 2.75) is 58.2 Å². The molecule has 0 aliphatic carbocycles. The summed E-state index contributed by atoms with van der Waals surface area (Å²) in [6.07, 6.45) is 2.03. The molecule has 0 bridgehead atoms. The molecule has 3 heterocycles. The predicted octanol–water partition coefficient (Wildman–Crippen LogP) is 2.57. The van der Waals surface area contributed by atoms with E-state index in [4.69, 9.17) is 14.9 Å². The van der Waals surface area contributed by atoms with Crippen LogP contribution in [0.15, 0.2) is 36.5 Å². The SMILES string of the molecule is CC(C)(C)OC(=O)NCc1ccc(OCCCNc2cccc3c2C(=O)N(C2CCC(=O)NC2=O)C3=N)nc1. The Morgan fingerprint density at radius 3 is 2.69 bits per heavy atom. The first-order valence-electron chi connectivity index (χ1n) is 12.7. The van der Waals surface area contributed by atoms with Gasteiger partial charge in [-0.1, -0.05) is 18.2 Å². The predicted molar refractivity (Wildman–Crippen MR) is 142 cm³/mol. The number of carbonyl (C=O) groups is 4. The molecule has 0 spiro atoms. The normalized spacial score (nSPS) is 17.0. The Balaban J connectivity index is 1.25. The topological polar surface area (TPSA) is 163 Å². The number of hydrogen-bond acceptors (Lipinski definition) is 9. The Labute approximate surface area is 226 Å². The molecule has 1 fully saturated rings. The summed E-state index contributed by atoms with van der Waals surface area (Å²) in [5.41, 5.74) is 1.58. The minimum absolute atomic E-state index is 0.0488. The van der Waals surface area contributed by atoms with Crippen LogP contribution in [0.2, 0.25) is 0 Å². The third-order valence-corrected chi connectivity index (χ3v) is 6.03. The van der Waals surface area contributed by atoms with Crippen molar-refractivity contribution in [1.29, 1.82) is 5.41 Å². The second-order valence-electron chi connectivity index (χ2n) is 10.2. The van der Waals surface area contributed by atoms with E-state index in [1.54, 1.807) is 57.3 Å². The van der Waals surface area contributed by atoms with Crippen LogP contribution in [-0.4, -0.2) is 64.3 Å². The number of ether oxygens (including phenoxy) is 2. The fourth-order valence-corrected chi connectivity index (χ4v) is 4.27. The number of amides is 4. The second kappa shape index (κ2) is 11.5. The molecule has 4 N–H and O–H groups in total. The molecule has 0 radical (unpaired) electrons. The Morgan fingerprint density at radius 2 is 2.00 bits per heavy atom. The number of carbonyl (C=O) groups excluding carboxylic acids is 4. The summed E-state index contributed by atoms with van der Waals surface area (Å²) in [7, 11) is 0. The van der Waals surface area contributed by atoms with E-state index in [0.29, 0.717) is 42.3 Å². The highest BCUT2D eigenvalue weighted by Crippen LogP contribution is 2.32. The zero-order chi connectivity index (χ0) is 28.2. The molecular formula is C27H32N6O6. The monoisotopic (exact) mass is 536 g/mol. The molecule has 12 heteroatoms. The zero-order valence-electron chi connectivity index (χ0n) is 22.1. The van der Waals surface area contributed by atoms with Crippen LogP contribution in [0.4, 0.5) is 10.5 Å². The highest BCUT2D eigenvalue weighted by molar-refractivity contribution is 6.26. The van der Waals surface area contributed by atoms with Gasteiger partial charge in [0, 0.05) is 43.0 Å². The van der Waals surface area contributed by atoms with E-state index >= 15 is 0 Å². The summed E-state index contributed by atoms with van der Waals surface area (Å²) in [5.74, 6) is -0.982. The van der Waals surface area contributed by atoms with E-state index < -0.39 is 29.6 Å². The number of rotatable bonds is 9. The number of fused-ring (bicyclic) bond motifs is 1. The number of anilines is 1. The van der Waals surface area contributed by atoms with Gasteiger partial charge in [0.15, 0.2) is 0 Å². The van der Waals surface area contributed by atoms with Gasteiger partial charge in [-0.25, -0.2) is 9.78 Å². The first-order valence-corrected chi connectivity index (χ1v) is 12.7.